The molecule has 1 aromatic rings. The summed E-state index contributed by atoms with van der Waals surface area (Å²) in [5, 5.41) is 12.6. The average Bonchev–Trinajstić information content (AvgIpc) is 3.16. The molecule has 0 saturated heterocycles. The maximum absolute atomic E-state index is 12.9. The van der Waals surface area contributed by atoms with Crippen LogP contribution < -0.4 is 11.1 Å². The summed E-state index contributed by atoms with van der Waals surface area (Å²) in [5.74, 6) is 0.0306. The molecule has 6 heteroatoms. The molecule has 1 aliphatic carbocycles. The number of hydrogen-bond donors (Lipinski definition) is 2. The van der Waals surface area contributed by atoms with Gasteiger partial charge in [0.25, 0.3) is 0 Å². The van der Waals surface area contributed by atoms with Crippen LogP contribution in [0.25, 0.3) is 0 Å². The Hall–Kier alpha value is -2.22. The number of benzene rings is 1. The largest absolute Gasteiger partial charge is 0.404 e. The molecule has 3 N–H and O–H groups in total. The highest BCUT2D eigenvalue weighted by atomic mass is 35.5. The van der Waals surface area contributed by atoms with Crippen molar-refractivity contribution in [1.82, 2.24) is 5.32 Å². The first kappa shape index (κ1) is 21.1. The minimum absolute atomic E-state index is 0.148. The highest BCUT2D eigenvalue weighted by Gasteiger charge is 2.27. The summed E-state index contributed by atoms with van der Waals surface area (Å²) in [4.78, 5) is 12.9. The van der Waals surface area contributed by atoms with Crippen molar-refractivity contribution < 1.29 is 4.79 Å². The third-order valence-electron chi connectivity index (χ3n) is 4.76. The van der Waals surface area contributed by atoms with E-state index in [1.54, 1.807) is 18.2 Å². The van der Waals surface area contributed by atoms with Gasteiger partial charge >= 0.3 is 0 Å². The van der Waals surface area contributed by atoms with E-state index in [2.05, 4.69) is 11.9 Å². The van der Waals surface area contributed by atoms with Crippen LogP contribution in [-0.2, 0) is 4.79 Å². The van der Waals surface area contributed by atoms with E-state index in [9.17, 15) is 4.79 Å². The quantitative estimate of drug-likeness (QED) is 0.484. The molecule has 0 spiro atoms. The summed E-state index contributed by atoms with van der Waals surface area (Å²) in [6.45, 7) is 3.83. The molecular weight excluding hydrogens is 381 g/mol. The number of hydrogen-bond acceptors (Lipinski definition) is 3. The summed E-state index contributed by atoms with van der Waals surface area (Å²) in [6.07, 6.45) is 9.71. The summed E-state index contributed by atoms with van der Waals surface area (Å²) in [5.41, 5.74) is 6.86. The van der Waals surface area contributed by atoms with Gasteiger partial charge in [0.05, 0.1) is 21.5 Å². The van der Waals surface area contributed by atoms with Gasteiger partial charge in [0.2, 0.25) is 5.91 Å². The Kier molecular flexibility index (Phi) is 7.97. The zero-order valence-electron chi connectivity index (χ0n) is 15.1. The smallest absolute Gasteiger partial charge is 0.231 e. The molecule has 0 aromatic heterocycles. The second-order valence-corrected chi connectivity index (χ2v) is 7.51. The molecule has 1 saturated carbocycles. The minimum atomic E-state index is -0.339. The fourth-order valence-electron chi connectivity index (χ4n) is 3.31. The van der Waals surface area contributed by atoms with Crippen LogP contribution in [0.1, 0.15) is 43.6 Å². The molecule has 4 nitrogen and oxygen atoms in total. The van der Waals surface area contributed by atoms with Gasteiger partial charge < -0.3 is 11.1 Å². The van der Waals surface area contributed by atoms with E-state index in [-0.39, 0.29) is 17.4 Å². The van der Waals surface area contributed by atoms with Gasteiger partial charge in [0.15, 0.2) is 0 Å². The Morgan fingerprint density at radius 1 is 1.33 bits per heavy atom. The van der Waals surface area contributed by atoms with E-state index < -0.39 is 0 Å². The highest BCUT2D eigenvalue weighted by Crippen LogP contribution is 2.36. The normalized spacial score (nSPS) is 16.3. The predicted molar refractivity (Wildman–Crippen MR) is 110 cm³/mol. The van der Waals surface area contributed by atoms with Crippen molar-refractivity contribution in [3.05, 3.63) is 70.0 Å². The van der Waals surface area contributed by atoms with Gasteiger partial charge in [0.1, 0.15) is 6.07 Å². The van der Waals surface area contributed by atoms with Gasteiger partial charge in [-0.25, -0.2) is 0 Å². The van der Waals surface area contributed by atoms with Gasteiger partial charge in [-0.1, -0.05) is 61.5 Å². The first-order valence-electron chi connectivity index (χ1n) is 8.89. The molecule has 27 heavy (non-hydrogen) atoms. The molecule has 1 amide bonds. The third-order valence-corrected chi connectivity index (χ3v) is 5.50. The van der Waals surface area contributed by atoms with E-state index in [4.69, 9.17) is 34.2 Å². The van der Waals surface area contributed by atoms with Crippen molar-refractivity contribution >= 4 is 29.1 Å². The summed E-state index contributed by atoms with van der Waals surface area (Å²) in [6, 6.07) is 7.25. The number of allylic oxidation sites excluding steroid dienone is 3. The standard InChI is InChI=1S/C21H23Cl2N3O/c1-14(6-7-16(12-24)13-25)26-21(27)18(10-15-4-2-3-5-15)17-8-9-19(22)20(23)11-17/h6-9,11-12,15,18H,1-5,10,24H2,(H,26,27)/b7-6-,16-12+. The lowest BCUT2D eigenvalue weighted by molar-refractivity contribution is -0.122. The van der Waals surface area contributed by atoms with Crippen LogP contribution in [-0.4, -0.2) is 5.91 Å². The number of carbonyl (C=O) groups is 1. The van der Waals surface area contributed by atoms with E-state index >= 15 is 0 Å². The molecule has 142 valence electrons. The van der Waals surface area contributed by atoms with Gasteiger partial charge in [0, 0.05) is 11.9 Å². The fourth-order valence-corrected chi connectivity index (χ4v) is 3.62. The second kappa shape index (κ2) is 10.2. The third kappa shape index (κ3) is 6.16. The first-order valence-corrected chi connectivity index (χ1v) is 9.65. The van der Waals surface area contributed by atoms with E-state index in [1.165, 1.54) is 25.1 Å². The average molecular weight is 404 g/mol. The lowest BCUT2D eigenvalue weighted by Crippen LogP contribution is -2.29. The molecule has 1 aromatic carbocycles. The van der Waals surface area contributed by atoms with Crippen molar-refractivity contribution in [3.63, 3.8) is 0 Å². The Morgan fingerprint density at radius 3 is 2.63 bits per heavy atom. The maximum Gasteiger partial charge on any atom is 0.231 e. The molecule has 0 heterocycles. The van der Waals surface area contributed by atoms with Crippen LogP contribution >= 0.6 is 23.2 Å². The fraction of sp³-hybridized carbons (Fsp3) is 0.333. The van der Waals surface area contributed by atoms with E-state index in [0.29, 0.717) is 21.7 Å². The Balaban J connectivity index is 2.16. The Labute approximate surface area is 170 Å². The van der Waals surface area contributed by atoms with Crippen LogP contribution in [0.5, 0.6) is 0 Å². The van der Waals surface area contributed by atoms with E-state index in [1.807, 2.05) is 12.1 Å². The number of nitriles is 1. The lowest BCUT2D eigenvalue weighted by atomic mass is 9.87. The Morgan fingerprint density at radius 2 is 2.04 bits per heavy atom. The number of halogens is 2. The molecule has 1 atom stereocenters. The second-order valence-electron chi connectivity index (χ2n) is 6.69. The van der Waals surface area contributed by atoms with Crippen LogP contribution in [0.4, 0.5) is 0 Å². The SMILES string of the molecule is C=C(/C=C\C(C#N)=C/N)NC(=O)C(CC1CCCC1)c1ccc(Cl)c(Cl)c1. The van der Waals surface area contributed by atoms with Crippen LogP contribution in [0.2, 0.25) is 10.0 Å². The number of rotatable bonds is 7. The van der Waals surface area contributed by atoms with Crippen molar-refractivity contribution in [2.24, 2.45) is 11.7 Å². The monoisotopic (exact) mass is 403 g/mol. The minimum Gasteiger partial charge on any atom is -0.404 e. The Bertz CT molecular complexity index is 802. The number of nitrogens with two attached hydrogens (primary N) is 1. The zero-order chi connectivity index (χ0) is 19.8. The summed E-state index contributed by atoms with van der Waals surface area (Å²) in [7, 11) is 0. The van der Waals surface area contributed by atoms with Crippen molar-refractivity contribution in [2.45, 2.75) is 38.0 Å². The van der Waals surface area contributed by atoms with Crippen LogP contribution in [0.3, 0.4) is 0 Å². The molecule has 0 radical (unpaired) electrons. The zero-order valence-corrected chi connectivity index (χ0v) is 16.6. The maximum atomic E-state index is 12.9. The van der Waals surface area contributed by atoms with Crippen molar-refractivity contribution in [3.8, 4) is 6.07 Å². The molecule has 2 rings (SSSR count). The molecule has 0 aliphatic heterocycles. The van der Waals surface area contributed by atoms with Gasteiger partial charge in [-0.15, -0.1) is 0 Å². The van der Waals surface area contributed by atoms with Crippen molar-refractivity contribution in [1.29, 1.82) is 5.26 Å². The first-order chi connectivity index (χ1) is 12.9. The predicted octanol–water partition coefficient (Wildman–Crippen LogP) is 5.21. The van der Waals surface area contributed by atoms with E-state index in [0.717, 1.165) is 24.8 Å². The molecule has 0 bridgehead atoms. The topological polar surface area (TPSA) is 78.9 Å². The molecule has 1 aliphatic rings. The van der Waals surface area contributed by atoms with Crippen LogP contribution in [0.15, 0.2) is 54.4 Å². The number of amides is 1. The number of nitrogens with zero attached hydrogens (tertiary/aromatic N) is 1. The highest BCUT2D eigenvalue weighted by molar-refractivity contribution is 6.42. The van der Waals surface area contributed by atoms with Crippen molar-refractivity contribution in [2.75, 3.05) is 0 Å². The number of nitrogens with one attached hydrogen (secondary N) is 1. The lowest BCUT2D eigenvalue weighted by Gasteiger charge is -2.21. The molecule has 1 unspecified atom stereocenters. The summed E-state index contributed by atoms with van der Waals surface area (Å²) >= 11 is 12.2. The molecular formula is C21H23Cl2N3O. The number of carbonyl (C=O) groups excluding carboxylic acids is 1. The molecule has 1 fully saturated rings. The van der Waals surface area contributed by atoms with Crippen LogP contribution in [0, 0.1) is 17.2 Å². The van der Waals surface area contributed by atoms with Gasteiger partial charge in [-0.05, 0) is 42.2 Å². The summed E-state index contributed by atoms with van der Waals surface area (Å²) < 4.78 is 0. The van der Waals surface area contributed by atoms with Gasteiger partial charge in [-0.2, -0.15) is 5.26 Å². The van der Waals surface area contributed by atoms with Gasteiger partial charge in [-0.3, -0.25) is 4.79 Å².